The van der Waals surface area contributed by atoms with Crippen molar-refractivity contribution in [2.75, 3.05) is 0 Å². The maximum atomic E-state index is 10.8. The van der Waals surface area contributed by atoms with Gasteiger partial charge in [-0.15, -0.1) is 11.3 Å². The van der Waals surface area contributed by atoms with Crippen LogP contribution in [0.4, 0.5) is 0 Å². The lowest BCUT2D eigenvalue weighted by Gasteiger charge is -1.99. The minimum atomic E-state index is 0.764. The number of carbonyl (C=O) groups is 1. The fourth-order valence-electron chi connectivity index (χ4n) is 1.38. The van der Waals surface area contributed by atoms with E-state index in [0.717, 1.165) is 31.7 Å². The van der Waals surface area contributed by atoms with Crippen LogP contribution in [0.2, 0.25) is 0 Å². The number of thiophene rings is 1. The van der Waals surface area contributed by atoms with E-state index in [-0.39, 0.29) is 0 Å². The van der Waals surface area contributed by atoms with Crippen LogP contribution in [0.5, 0.6) is 0 Å². The predicted molar refractivity (Wildman–Crippen MR) is 67.5 cm³/mol. The zero-order chi connectivity index (χ0) is 10.1. The fraction of sp³-hybridized carbons (Fsp3) is 0.100. The molecule has 1 nitrogen and oxygen atoms in total. The lowest BCUT2D eigenvalue weighted by molar-refractivity contribution is 0.112. The Labute approximate surface area is 102 Å². The van der Waals surface area contributed by atoms with Gasteiger partial charge in [-0.3, -0.25) is 4.79 Å². The Hall–Kier alpha value is -0.190. The number of aldehydes is 1. The molecular weight excluding hydrogens is 328 g/mol. The number of halogens is 2. The first-order valence-electron chi connectivity index (χ1n) is 3.97. The van der Waals surface area contributed by atoms with Gasteiger partial charge in [0.2, 0.25) is 0 Å². The van der Waals surface area contributed by atoms with Crippen LogP contribution in [0.1, 0.15) is 15.9 Å². The van der Waals surface area contributed by atoms with Gasteiger partial charge in [0.05, 0.1) is 0 Å². The summed E-state index contributed by atoms with van der Waals surface area (Å²) in [5.41, 5.74) is 1.99. The second-order valence-electron chi connectivity index (χ2n) is 2.85. The van der Waals surface area contributed by atoms with Crippen LogP contribution in [0.15, 0.2) is 22.0 Å². The van der Waals surface area contributed by atoms with E-state index >= 15 is 0 Å². The Bertz CT molecular complexity index is 490. The summed E-state index contributed by atoms with van der Waals surface area (Å²) in [6.45, 7) is 0. The Morgan fingerprint density at radius 3 is 2.86 bits per heavy atom. The molecule has 2 aromatic rings. The smallest absolute Gasteiger partial charge is 0.151 e. The maximum Gasteiger partial charge on any atom is 0.151 e. The fourth-order valence-corrected chi connectivity index (χ4v) is 3.83. The molecule has 0 aliphatic carbocycles. The van der Waals surface area contributed by atoms with Gasteiger partial charge < -0.3 is 0 Å². The molecule has 0 amide bonds. The zero-order valence-corrected chi connectivity index (χ0v) is 11.1. The molecular formula is C10H6Br2OS. The van der Waals surface area contributed by atoms with Gasteiger partial charge in [0.15, 0.2) is 6.29 Å². The van der Waals surface area contributed by atoms with E-state index in [1.807, 2.05) is 12.1 Å². The lowest BCUT2D eigenvalue weighted by atomic mass is 10.1. The Morgan fingerprint density at radius 1 is 1.43 bits per heavy atom. The molecule has 0 aliphatic heterocycles. The van der Waals surface area contributed by atoms with E-state index in [0.29, 0.717) is 0 Å². The molecule has 0 saturated heterocycles. The van der Waals surface area contributed by atoms with Gasteiger partial charge in [-0.25, -0.2) is 0 Å². The molecule has 1 aromatic carbocycles. The van der Waals surface area contributed by atoms with Crippen molar-refractivity contribution in [3.8, 4) is 0 Å². The summed E-state index contributed by atoms with van der Waals surface area (Å²) >= 11 is 8.55. The SMILES string of the molecule is O=Cc1ccc(Br)c2c(CBr)csc12. The van der Waals surface area contributed by atoms with Crippen molar-refractivity contribution in [1.29, 1.82) is 0 Å². The summed E-state index contributed by atoms with van der Waals surface area (Å²) in [5.74, 6) is 0. The molecule has 1 aromatic heterocycles. The Balaban J connectivity index is 2.86. The highest BCUT2D eigenvalue weighted by Gasteiger charge is 2.09. The molecule has 0 N–H and O–H groups in total. The lowest BCUT2D eigenvalue weighted by Crippen LogP contribution is -1.81. The third kappa shape index (κ3) is 1.55. The normalized spacial score (nSPS) is 10.7. The summed E-state index contributed by atoms with van der Waals surface area (Å²) in [6.07, 6.45) is 0.906. The van der Waals surface area contributed by atoms with Gasteiger partial charge >= 0.3 is 0 Å². The summed E-state index contributed by atoms with van der Waals surface area (Å²) in [5, 5.41) is 4.04. The molecule has 0 aliphatic rings. The highest BCUT2D eigenvalue weighted by Crippen LogP contribution is 2.35. The van der Waals surface area contributed by atoms with Crippen LogP contribution < -0.4 is 0 Å². The van der Waals surface area contributed by atoms with E-state index < -0.39 is 0 Å². The van der Waals surface area contributed by atoms with Crippen molar-refractivity contribution in [2.45, 2.75) is 5.33 Å². The van der Waals surface area contributed by atoms with E-state index in [1.54, 1.807) is 11.3 Å². The van der Waals surface area contributed by atoms with Crippen molar-refractivity contribution < 1.29 is 4.79 Å². The maximum absolute atomic E-state index is 10.8. The van der Waals surface area contributed by atoms with Gasteiger partial charge in [-0.05, 0) is 23.1 Å². The number of benzene rings is 1. The van der Waals surface area contributed by atoms with Crippen molar-refractivity contribution >= 4 is 59.6 Å². The van der Waals surface area contributed by atoms with Crippen LogP contribution in [0.25, 0.3) is 10.1 Å². The molecule has 0 saturated carbocycles. The Morgan fingerprint density at radius 2 is 2.21 bits per heavy atom. The molecule has 0 unspecified atom stereocenters. The monoisotopic (exact) mass is 332 g/mol. The van der Waals surface area contributed by atoms with Crippen LogP contribution >= 0.6 is 43.2 Å². The number of hydrogen-bond donors (Lipinski definition) is 0. The van der Waals surface area contributed by atoms with Gasteiger partial charge in [-0.1, -0.05) is 31.9 Å². The van der Waals surface area contributed by atoms with Crippen LogP contribution in [0.3, 0.4) is 0 Å². The first-order valence-corrected chi connectivity index (χ1v) is 6.77. The van der Waals surface area contributed by atoms with Crippen LogP contribution in [0, 0.1) is 0 Å². The second-order valence-corrected chi connectivity index (χ2v) is 5.15. The number of hydrogen-bond acceptors (Lipinski definition) is 2. The molecule has 4 heteroatoms. The predicted octanol–water partition coefficient (Wildman–Crippen LogP) is 4.37. The molecule has 72 valence electrons. The molecule has 0 radical (unpaired) electrons. The summed E-state index contributed by atoms with van der Waals surface area (Å²) in [4.78, 5) is 10.8. The van der Waals surface area contributed by atoms with E-state index in [4.69, 9.17) is 0 Å². The highest BCUT2D eigenvalue weighted by atomic mass is 79.9. The van der Waals surface area contributed by atoms with Gasteiger partial charge in [0.1, 0.15) is 0 Å². The number of alkyl halides is 1. The summed E-state index contributed by atoms with van der Waals surface area (Å²) in [6, 6.07) is 3.76. The quantitative estimate of drug-likeness (QED) is 0.589. The van der Waals surface area contributed by atoms with Crippen molar-refractivity contribution in [1.82, 2.24) is 0 Å². The minimum Gasteiger partial charge on any atom is -0.298 e. The number of fused-ring (bicyclic) bond motifs is 1. The largest absolute Gasteiger partial charge is 0.298 e. The molecule has 1 heterocycles. The van der Waals surface area contributed by atoms with Crippen molar-refractivity contribution in [3.63, 3.8) is 0 Å². The topological polar surface area (TPSA) is 17.1 Å². The van der Waals surface area contributed by atoms with Gasteiger partial charge in [-0.2, -0.15) is 0 Å². The average Bonchev–Trinajstić information content (AvgIpc) is 2.63. The molecule has 2 rings (SSSR count). The van der Waals surface area contributed by atoms with Crippen molar-refractivity contribution in [2.24, 2.45) is 0 Å². The van der Waals surface area contributed by atoms with E-state index in [1.165, 1.54) is 5.56 Å². The van der Waals surface area contributed by atoms with Crippen LogP contribution in [-0.2, 0) is 5.33 Å². The average molecular weight is 334 g/mol. The highest BCUT2D eigenvalue weighted by molar-refractivity contribution is 9.10. The third-order valence-corrected chi connectivity index (χ3v) is 4.39. The van der Waals surface area contributed by atoms with Gasteiger partial charge in [0.25, 0.3) is 0 Å². The zero-order valence-electron chi connectivity index (χ0n) is 7.09. The third-order valence-electron chi connectivity index (χ3n) is 2.05. The first kappa shape index (κ1) is 10.3. The second kappa shape index (κ2) is 4.13. The molecule has 14 heavy (non-hydrogen) atoms. The summed E-state index contributed by atoms with van der Waals surface area (Å²) < 4.78 is 2.11. The number of rotatable bonds is 2. The molecule has 0 fully saturated rings. The molecule has 0 spiro atoms. The minimum absolute atomic E-state index is 0.764. The number of carbonyl (C=O) groups excluding carboxylic acids is 1. The Kier molecular flexibility index (Phi) is 3.04. The summed E-state index contributed by atoms with van der Waals surface area (Å²) in [7, 11) is 0. The van der Waals surface area contributed by atoms with Gasteiger partial charge in [0, 0.05) is 25.5 Å². The molecule has 0 atom stereocenters. The van der Waals surface area contributed by atoms with Crippen molar-refractivity contribution in [3.05, 3.63) is 33.1 Å². The van der Waals surface area contributed by atoms with E-state index in [9.17, 15) is 4.79 Å². The first-order chi connectivity index (χ1) is 6.77. The van der Waals surface area contributed by atoms with E-state index in [2.05, 4.69) is 37.2 Å². The molecule has 0 bridgehead atoms. The van der Waals surface area contributed by atoms with Crippen LogP contribution in [-0.4, -0.2) is 6.29 Å². The standard InChI is InChI=1S/C10H6Br2OS/c11-3-7-5-14-10-6(4-13)1-2-8(12)9(7)10/h1-2,4-5H,3H2.